The van der Waals surface area contributed by atoms with Crippen LogP contribution in [0.15, 0.2) is 30.5 Å². The van der Waals surface area contributed by atoms with Crippen molar-refractivity contribution in [2.45, 2.75) is 42.4 Å². The Bertz CT molecular complexity index is 945. The topological polar surface area (TPSA) is 54.8 Å². The molecule has 0 amide bonds. The van der Waals surface area contributed by atoms with Crippen molar-refractivity contribution >= 4 is 0 Å². The van der Waals surface area contributed by atoms with E-state index in [2.05, 4.69) is 24.1 Å². The molecule has 0 radical (unpaired) electrons. The van der Waals surface area contributed by atoms with Crippen LogP contribution in [0.3, 0.4) is 0 Å². The third-order valence-corrected chi connectivity index (χ3v) is 7.32. The Labute approximate surface area is 152 Å². The SMILES string of the molecule is COc1ccc2c3c1O[C@H]1c4ncccc4C[C@@]4(O)[C@H](C2)N(C)CC[C@]314. The minimum Gasteiger partial charge on any atom is -0.493 e. The molecule has 2 aromatic rings. The van der Waals surface area contributed by atoms with Crippen molar-refractivity contribution in [3.8, 4) is 11.5 Å². The second-order valence-corrected chi connectivity index (χ2v) is 8.20. The normalized spacial score (nSPS) is 36.1. The molecule has 1 fully saturated rings. The van der Waals surface area contributed by atoms with E-state index in [-0.39, 0.29) is 12.1 Å². The predicted octanol–water partition coefficient (Wildman–Crippen LogP) is 2.01. The lowest BCUT2D eigenvalue weighted by atomic mass is 9.49. The first-order valence-electron chi connectivity index (χ1n) is 9.33. The van der Waals surface area contributed by atoms with E-state index in [0.29, 0.717) is 6.42 Å². The molecule has 2 bridgehead atoms. The van der Waals surface area contributed by atoms with E-state index in [4.69, 9.17) is 14.5 Å². The summed E-state index contributed by atoms with van der Waals surface area (Å²) in [5, 5.41) is 12.2. The summed E-state index contributed by atoms with van der Waals surface area (Å²) in [6.45, 7) is 0.949. The first-order valence-corrected chi connectivity index (χ1v) is 9.33. The second kappa shape index (κ2) is 4.59. The smallest absolute Gasteiger partial charge is 0.166 e. The lowest BCUT2D eigenvalue weighted by Gasteiger charge is -2.62. The van der Waals surface area contributed by atoms with Gasteiger partial charge in [0.05, 0.1) is 23.8 Å². The van der Waals surface area contributed by atoms with E-state index in [0.717, 1.165) is 42.1 Å². The third kappa shape index (κ3) is 1.42. The molecule has 6 rings (SSSR count). The summed E-state index contributed by atoms with van der Waals surface area (Å²) in [5.41, 5.74) is 3.24. The summed E-state index contributed by atoms with van der Waals surface area (Å²) in [7, 11) is 3.81. The zero-order chi connectivity index (χ0) is 17.7. The average Bonchev–Trinajstić information content (AvgIpc) is 2.99. The van der Waals surface area contributed by atoms with Gasteiger partial charge in [-0.1, -0.05) is 12.1 Å². The van der Waals surface area contributed by atoms with Crippen LogP contribution in [0.5, 0.6) is 11.5 Å². The standard InChI is InChI=1S/C21H22N2O3/c1-23-9-7-20-16-12-5-6-14(25-2)18(16)26-19(20)17-13(4-3-8-22-17)11-21(20,24)15(23)10-12/h3-6,8,15,19,24H,7,9-11H2,1-2H3/t15-,19-,20-,21+/m0/s1. The van der Waals surface area contributed by atoms with Gasteiger partial charge < -0.3 is 19.5 Å². The maximum atomic E-state index is 12.2. The molecule has 4 aliphatic rings. The Balaban J connectivity index is 1.73. The highest BCUT2D eigenvalue weighted by molar-refractivity contribution is 5.64. The first-order chi connectivity index (χ1) is 12.6. The quantitative estimate of drug-likeness (QED) is 0.853. The summed E-state index contributed by atoms with van der Waals surface area (Å²) < 4.78 is 12.2. The molecule has 4 atom stereocenters. The molecule has 2 aliphatic carbocycles. The summed E-state index contributed by atoms with van der Waals surface area (Å²) in [6, 6.07) is 8.29. The molecule has 0 unspecified atom stereocenters. The van der Waals surface area contributed by atoms with Crippen molar-refractivity contribution in [2.24, 2.45) is 0 Å². The number of hydrogen-bond donors (Lipinski definition) is 1. The number of likely N-dealkylation sites (tertiary alicyclic amines) is 1. The molecule has 3 heterocycles. The third-order valence-electron chi connectivity index (χ3n) is 7.32. The fourth-order valence-corrected chi connectivity index (χ4v) is 6.20. The Hall–Kier alpha value is -2.11. The zero-order valence-electron chi connectivity index (χ0n) is 15.0. The van der Waals surface area contributed by atoms with Crippen molar-refractivity contribution < 1.29 is 14.6 Å². The van der Waals surface area contributed by atoms with Crippen LogP contribution in [-0.4, -0.2) is 47.3 Å². The maximum absolute atomic E-state index is 12.2. The number of nitrogens with zero attached hydrogens (tertiary/aromatic N) is 2. The van der Waals surface area contributed by atoms with Gasteiger partial charge in [0.1, 0.15) is 0 Å². The number of methoxy groups -OCH3 is 1. The van der Waals surface area contributed by atoms with Crippen molar-refractivity contribution in [1.82, 2.24) is 9.88 Å². The lowest BCUT2D eigenvalue weighted by Crippen LogP contribution is -2.73. The first kappa shape index (κ1) is 15.0. The molecule has 1 aromatic heterocycles. The van der Waals surface area contributed by atoms with Crippen LogP contribution < -0.4 is 9.47 Å². The minimum atomic E-state index is -0.856. The molecule has 5 heteroatoms. The monoisotopic (exact) mass is 350 g/mol. The van der Waals surface area contributed by atoms with Gasteiger partial charge in [-0.3, -0.25) is 4.98 Å². The Kier molecular flexibility index (Phi) is 2.65. The van der Waals surface area contributed by atoms with Gasteiger partial charge in [-0.05, 0) is 49.7 Å². The molecule has 5 nitrogen and oxygen atoms in total. The van der Waals surface area contributed by atoms with E-state index in [1.54, 1.807) is 7.11 Å². The molecule has 2 aliphatic heterocycles. The number of likely N-dealkylation sites (N-methyl/N-ethyl adjacent to an activating group) is 1. The van der Waals surface area contributed by atoms with Crippen molar-refractivity contribution in [1.29, 1.82) is 0 Å². The van der Waals surface area contributed by atoms with Crippen molar-refractivity contribution in [2.75, 3.05) is 20.7 Å². The number of rotatable bonds is 1. The summed E-state index contributed by atoms with van der Waals surface area (Å²) >= 11 is 0. The van der Waals surface area contributed by atoms with E-state index in [1.165, 1.54) is 11.1 Å². The summed E-state index contributed by atoms with van der Waals surface area (Å²) in [4.78, 5) is 7.02. The number of piperidine rings is 1. The van der Waals surface area contributed by atoms with Crippen LogP contribution in [0.25, 0.3) is 0 Å². The van der Waals surface area contributed by atoms with Gasteiger partial charge in [-0.15, -0.1) is 0 Å². The summed E-state index contributed by atoms with van der Waals surface area (Å²) in [6.07, 6.45) is 3.91. The second-order valence-electron chi connectivity index (χ2n) is 8.20. The Morgan fingerprint density at radius 2 is 2.19 bits per heavy atom. The van der Waals surface area contributed by atoms with Crippen LogP contribution in [-0.2, 0) is 18.3 Å². The van der Waals surface area contributed by atoms with Gasteiger partial charge in [0, 0.05) is 24.2 Å². The molecule has 1 N–H and O–H groups in total. The average molecular weight is 350 g/mol. The van der Waals surface area contributed by atoms with Crippen LogP contribution >= 0.6 is 0 Å². The van der Waals surface area contributed by atoms with Crippen LogP contribution in [0, 0.1) is 0 Å². The Morgan fingerprint density at radius 1 is 1.31 bits per heavy atom. The molecular weight excluding hydrogens is 328 g/mol. The maximum Gasteiger partial charge on any atom is 0.166 e. The fraction of sp³-hybridized carbons (Fsp3) is 0.476. The molecule has 26 heavy (non-hydrogen) atoms. The Morgan fingerprint density at radius 3 is 3.04 bits per heavy atom. The molecule has 0 saturated carbocycles. The van der Waals surface area contributed by atoms with E-state index >= 15 is 0 Å². The highest BCUT2D eigenvalue weighted by Gasteiger charge is 2.72. The van der Waals surface area contributed by atoms with Gasteiger partial charge in [0.25, 0.3) is 0 Å². The van der Waals surface area contributed by atoms with Gasteiger partial charge in [0.2, 0.25) is 0 Å². The highest BCUT2D eigenvalue weighted by Crippen LogP contribution is 2.68. The fourth-order valence-electron chi connectivity index (χ4n) is 6.20. The number of fused-ring (bicyclic) bond motifs is 2. The number of aliphatic hydroxyl groups is 1. The molecule has 1 spiro atoms. The highest BCUT2D eigenvalue weighted by atomic mass is 16.5. The molecule has 134 valence electrons. The van der Waals surface area contributed by atoms with Crippen molar-refractivity contribution in [3.05, 3.63) is 52.8 Å². The number of hydrogen-bond acceptors (Lipinski definition) is 5. The minimum absolute atomic E-state index is 0.0857. The van der Waals surface area contributed by atoms with Crippen molar-refractivity contribution in [3.63, 3.8) is 0 Å². The zero-order valence-corrected chi connectivity index (χ0v) is 15.0. The number of pyridine rings is 1. The van der Waals surface area contributed by atoms with E-state index in [1.807, 2.05) is 18.3 Å². The lowest BCUT2D eigenvalue weighted by molar-refractivity contribution is -0.168. The van der Waals surface area contributed by atoms with Crippen LogP contribution in [0.4, 0.5) is 0 Å². The van der Waals surface area contributed by atoms with Gasteiger partial charge >= 0.3 is 0 Å². The van der Waals surface area contributed by atoms with Crippen LogP contribution in [0.1, 0.15) is 34.9 Å². The largest absolute Gasteiger partial charge is 0.493 e. The molecule has 1 saturated heterocycles. The molecule has 1 aromatic carbocycles. The predicted molar refractivity (Wildman–Crippen MR) is 95.7 cm³/mol. The van der Waals surface area contributed by atoms with Gasteiger partial charge in [0.15, 0.2) is 17.6 Å². The molecular formula is C21H22N2O3. The number of benzene rings is 1. The number of ether oxygens (including phenoxy) is 2. The van der Waals surface area contributed by atoms with E-state index in [9.17, 15) is 5.11 Å². The van der Waals surface area contributed by atoms with Gasteiger partial charge in [-0.2, -0.15) is 0 Å². The summed E-state index contributed by atoms with van der Waals surface area (Å²) in [5.74, 6) is 1.57. The van der Waals surface area contributed by atoms with Crippen LogP contribution in [0.2, 0.25) is 0 Å². The number of aromatic nitrogens is 1. The van der Waals surface area contributed by atoms with Gasteiger partial charge in [-0.25, -0.2) is 0 Å². The van der Waals surface area contributed by atoms with E-state index < -0.39 is 11.0 Å².